The molecule has 4 heterocycles. The van der Waals surface area contributed by atoms with Gasteiger partial charge in [0, 0.05) is 62.6 Å². The number of halogens is 1. The second-order valence-corrected chi connectivity index (χ2v) is 9.06. The molecular formula is C27H27FN6O. The molecule has 178 valence electrons. The van der Waals surface area contributed by atoms with Gasteiger partial charge >= 0.3 is 0 Å². The van der Waals surface area contributed by atoms with Crippen molar-refractivity contribution >= 4 is 5.91 Å². The number of aromatic nitrogens is 5. The maximum atomic E-state index is 13.5. The molecule has 1 unspecified atom stereocenters. The third-order valence-corrected chi connectivity index (χ3v) is 6.40. The highest BCUT2D eigenvalue weighted by Gasteiger charge is 2.25. The van der Waals surface area contributed by atoms with E-state index in [4.69, 9.17) is 0 Å². The summed E-state index contributed by atoms with van der Waals surface area (Å²) in [5.41, 5.74) is 3.86. The van der Waals surface area contributed by atoms with Crippen LogP contribution in [0.25, 0.3) is 11.5 Å². The lowest BCUT2D eigenvalue weighted by Crippen LogP contribution is -2.40. The standard InChI is InChI=1S/C27H27FN6O/c1-33-11-9-30-26(33)25-17-31-24(16-32-25)14-20-5-3-10-34(18-20)27(35)21-7-8-29-23(15-21)13-19-4-2-6-22(28)12-19/h2,4,6-9,11-12,15-17,20H,3,5,10,13-14,18H2,1H3. The summed E-state index contributed by atoms with van der Waals surface area (Å²) in [5, 5.41) is 0. The lowest BCUT2D eigenvalue weighted by Gasteiger charge is -2.32. The van der Waals surface area contributed by atoms with Crippen molar-refractivity contribution < 1.29 is 9.18 Å². The SMILES string of the molecule is Cn1ccnc1-c1cnc(CC2CCCN(C(=O)c3ccnc(Cc4cccc(F)c4)c3)C2)cn1. The van der Waals surface area contributed by atoms with Crippen molar-refractivity contribution in [1.82, 2.24) is 29.4 Å². The van der Waals surface area contributed by atoms with Crippen molar-refractivity contribution in [2.45, 2.75) is 25.7 Å². The highest BCUT2D eigenvalue weighted by Crippen LogP contribution is 2.23. The smallest absolute Gasteiger partial charge is 0.253 e. The highest BCUT2D eigenvalue weighted by atomic mass is 19.1. The van der Waals surface area contributed by atoms with Gasteiger partial charge in [0.1, 0.15) is 11.5 Å². The number of aryl methyl sites for hydroxylation is 1. The summed E-state index contributed by atoms with van der Waals surface area (Å²) >= 11 is 0. The largest absolute Gasteiger partial charge is 0.338 e. The normalized spacial score (nSPS) is 15.8. The van der Waals surface area contributed by atoms with Crippen molar-refractivity contribution in [3.05, 3.63) is 95.7 Å². The number of nitrogens with zero attached hydrogens (tertiary/aromatic N) is 6. The summed E-state index contributed by atoms with van der Waals surface area (Å²) in [5.74, 6) is 0.848. The molecule has 1 amide bonds. The fourth-order valence-electron chi connectivity index (χ4n) is 4.65. The molecule has 0 radical (unpaired) electrons. The summed E-state index contributed by atoms with van der Waals surface area (Å²) in [6, 6.07) is 10.0. The van der Waals surface area contributed by atoms with Crippen molar-refractivity contribution in [1.29, 1.82) is 0 Å². The van der Waals surface area contributed by atoms with E-state index in [1.807, 2.05) is 41.0 Å². The van der Waals surface area contributed by atoms with E-state index in [0.29, 0.717) is 24.4 Å². The van der Waals surface area contributed by atoms with Gasteiger partial charge in [0.15, 0.2) is 5.82 Å². The number of rotatable bonds is 6. The van der Waals surface area contributed by atoms with Crippen LogP contribution in [0.2, 0.25) is 0 Å². The van der Waals surface area contributed by atoms with Crippen LogP contribution in [-0.2, 0) is 19.9 Å². The molecule has 3 aromatic heterocycles. The van der Waals surface area contributed by atoms with Crippen molar-refractivity contribution in [3.8, 4) is 11.5 Å². The molecule has 1 fully saturated rings. The minimum atomic E-state index is -0.273. The molecule has 1 aliphatic rings. The molecule has 7 nitrogen and oxygen atoms in total. The first-order valence-electron chi connectivity index (χ1n) is 11.8. The van der Waals surface area contributed by atoms with Gasteiger partial charge in [-0.25, -0.2) is 14.4 Å². The topological polar surface area (TPSA) is 76.8 Å². The van der Waals surface area contributed by atoms with Crippen LogP contribution in [0.1, 0.15) is 40.2 Å². The fraction of sp³-hybridized carbons (Fsp3) is 0.296. The molecule has 0 aliphatic carbocycles. The van der Waals surface area contributed by atoms with Crippen LogP contribution in [0.4, 0.5) is 4.39 Å². The van der Waals surface area contributed by atoms with Gasteiger partial charge in [-0.05, 0) is 55.0 Å². The molecule has 0 spiro atoms. The Morgan fingerprint density at radius 3 is 2.74 bits per heavy atom. The van der Waals surface area contributed by atoms with E-state index < -0.39 is 0 Å². The lowest BCUT2D eigenvalue weighted by molar-refractivity contribution is 0.0672. The van der Waals surface area contributed by atoms with Gasteiger partial charge in [-0.1, -0.05) is 12.1 Å². The third-order valence-electron chi connectivity index (χ3n) is 6.40. The number of imidazole rings is 1. The molecule has 1 atom stereocenters. The summed E-state index contributed by atoms with van der Waals surface area (Å²) in [4.78, 5) is 33.0. The Morgan fingerprint density at radius 2 is 1.97 bits per heavy atom. The van der Waals surface area contributed by atoms with Gasteiger partial charge in [0.25, 0.3) is 5.91 Å². The molecule has 1 aromatic carbocycles. The van der Waals surface area contributed by atoms with Gasteiger partial charge in [-0.2, -0.15) is 0 Å². The number of carbonyl (C=O) groups excluding carboxylic acids is 1. The first kappa shape index (κ1) is 22.8. The zero-order chi connectivity index (χ0) is 24.2. The first-order chi connectivity index (χ1) is 17.0. The van der Waals surface area contributed by atoms with Crippen LogP contribution in [0.5, 0.6) is 0 Å². The van der Waals surface area contributed by atoms with Gasteiger partial charge < -0.3 is 9.47 Å². The predicted molar refractivity (Wildman–Crippen MR) is 130 cm³/mol. The molecule has 1 aliphatic heterocycles. The lowest BCUT2D eigenvalue weighted by atomic mass is 9.93. The zero-order valence-corrected chi connectivity index (χ0v) is 19.6. The molecule has 0 N–H and O–H groups in total. The minimum Gasteiger partial charge on any atom is -0.338 e. The van der Waals surface area contributed by atoms with E-state index in [0.717, 1.165) is 54.3 Å². The minimum absolute atomic E-state index is 0.00815. The van der Waals surface area contributed by atoms with Crippen LogP contribution in [-0.4, -0.2) is 48.4 Å². The van der Waals surface area contributed by atoms with E-state index in [-0.39, 0.29) is 11.7 Å². The monoisotopic (exact) mass is 470 g/mol. The molecular weight excluding hydrogens is 443 g/mol. The summed E-state index contributed by atoms with van der Waals surface area (Å²) < 4.78 is 15.4. The van der Waals surface area contributed by atoms with Crippen LogP contribution >= 0.6 is 0 Å². The van der Waals surface area contributed by atoms with Crippen molar-refractivity contribution in [2.24, 2.45) is 13.0 Å². The third kappa shape index (κ3) is 5.42. The van der Waals surface area contributed by atoms with Crippen LogP contribution < -0.4 is 0 Å². The molecule has 35 heavy (non-hydrogen) atoms. The molecule has 8 heteroatoms. The second-order valence-electron chi connectivity index (χ2n) is 9.06. The van der Waals surface area contributed by atoms with Crippen molar-refractivity contribution in [3.63, 3.8) is 0 Å². The van der Waals surface area contributed by atoms with E-state index in [2.05, 4.69) is 19.9 Å². The molecule has 4 aromatic rings. The van der Waals surface area contributed by atoms with E-state index in [1.165, 1.54) is 12.1 Å². The fourth-order valence-corrected chi connectivity index (χ4v) is 4.65. The maximum Gasteiger partial charge on any atom is 0.253 e. The number of likely N-dealkylation sites (tertiary alicyclic amines) is 1. The van der Waals surface area contributed by atoms with Gasteiger partial charge in [-0.15, -0.1) is 0 Å². The number of carbonyl (C=O) groups is 1. The maximum absolute atomic E-state index is 13.5. The Kier molecular flexibility index (Phi) is 6.61. The van der Waals surface area contributed by atoms with E-state index >= 15 is 0 Å². The van der Waals surface area contributed by atoms with Gasteiger partial charge in [-0.3, -0.25) is 14.8 Å². The van der Waals surface area contributed by atoms with Crippen LogP contribution in [0, 0.1) is 11.7 Å². The Hall–Kier alpha value is -3.94. The molecule has 5 rings (SSSR count). The number of piperidine rings is 1. The number of hydrogen-bond acceptors (Lipinski definition) is 5. The van der Waals surface area contributed by atoms with Gasteiger partial charge in [0.05, 0.1) is 11.9 Å². The van der Waals surface area contributed by atoms with E-state index in [9.17, 15) is 9.18 Å². The van der Waals surface area contributed by atoms with Crippen LogP contribution in [0.15, 0.2) is 67.4 Å². The van der Waals surface area contributed by atoms with Crippen LogP contribution in [0.3, 0.4) is 0 Å². The average molecular weight is 471 g/mol. The Bertz CT molecular complexity index is 1320. The van der Waals surface area contributed by atoms with Gasteiger partial charge in [0.2, 0.25) is 0 Å². The summed E-state index contributed by atoms with van der Waals surface area (Å²) in [6.07, 6.45) is 12.1. The Labute approximate surface area is 203 Å². The molecule has 0 saturated carbocycles. The number of hydrogen-bond donors (Lipinski definition) is 0. The molecule has 0 bridgehead atoms. The number of amides is 1. The Balaban J connectivity index is 1.23. The first-order valence-corrected chi connectivity index (χ1v) is 11.8. The Morgan fingerprint density at radius 1 is 1.06 bits per heavy atom. The summed E-state index contributed by atoms with van der Waals surface area (Å²) in [7, 11) is 1.93. The summed E-state index contributed by atoms with van der Waals surface area (Å²) in [6.45, 7) is 1.42. The highest BCUT2D eigenvalue weighted by molar-refractivity contribution is 5.94. The average Bonchev–Trinajstić information content (AvgIpc) is 3.30. The zero-order valence-electron chi connectivity index (χ0n) is 19.6. The predicted octanol–water partition coefficient (Wildman–Crippen LogP) is 4.10. The molecule has 1 saturated heterocycles. The van der Waals surface area contributed by atoms with E-state index in [1.54, 1.807) is 30.7 Å². The number of pyridine rings is 1. The quantitative estimate of drug-likeness (QED) is 0.424. The van der Waals surface area contributed by atoms with Crippen molar-refractivity contribution in [2.75, 3.05) is 13.1 Å². The number of benzene rings is 1. The second kappa shape index (κ2) is 10.1.